The molecule has 7 heteroatoms. The molecule has 1 saturated carbocycles. The summed E-state index contributed by atoms with van der Waals surface area (Å²) in [6.07, 6.45) is 7.81. The Labute approximate surface area is 201 Å². The van der Waals surface area contributed by atoms with Crippen molar-refractivity contribution in [1.82, 2.24) is 20.0 Å². The first-order valence-electron chi connectivity index (χ1n) is 12.5. The molecule has 1 atom stereocenters. The molecule has 6 nitrogen and oxygen atoms in total. The second kappa shape index (κ2) is 9.51. The van der Waals surface area contributed by atoms with Crippen molar-refractivity contribution in [2.45, 2.75) is 103 Å². The zero-order chi connectivity index (χ0) is 24.5. The maximum Gasteiger partial charge on any atom is 0.273 e. The van der Waals surface area contributed by atoms with Crippen LogP contribution in [0.15, 0.2) is 30.3 Å². The van der Waals surface area contributed by atoms with Gasteiger partial charge in [0.25, 0.3) is 5.91 Å². The predicted octanol–water partition coefficient (Wildman–Crippen LogP) is 4.96. The van der Waals surface area contributed by atoms with Crippen LogP contribution >= 0.6 is 0 Å². The lowest BCUT2D eigenvalue weighted by Gasteiger charge is -2.44. The fraction of sp³-hybridized carbons (Fsp3) is 0.593. The van der Waals surface area contributed by atoms with Crippen molar-refractivity contribution < 1.29 is 14.0 Å². The summed E-state index contributed by atoms with van der Waals surface area (Å²) in [6, 6.07) is 8.07. The zero-order valence-corrected chi connectivity index (χ0v) is 20.9. The summed E-state index contributed by atoms with van der Waals surface area (Å²) in [5, 5.41) is 7.99. The smallest absolute Gasteiger partial charge is 0.273 e. The molecule has 1 aliphatic heterocycles. The van der Waals surface area contributed by atoms with Gasteiger partial charge in [0.2, 0.25) is 5.91 Å². The van der Waals surface area contributed by atoms with E-state index in [0.717, 1.165) is 36.9 Å². The summed E-state index contributed by atoms with van der Waals surface area (Å²) in [7, 11) is 0. The molecule has 2 heterocycles. The van der Waals surface area contributed by atoms with Crippen LogP contribution < -0.4 is 5.32 Å². The number of nitrogens with one attached hydrogen (secondary N) is 1. The third kappa shape index (κ3) is 5.03. The van der Waals surface area contributed by atoms with Crippen LogP contribution in [0.4, 0.5) is 4.39 Å². The Morgan fingerprint density at radius 1 is 1.12 bits per heavy atom. The third-order valence-electron chi connectivity index (χ3n) is 7.25. The molecule has 2 amide bonds. The van der Waals surface area contributed by atoms with E-state index in [9.17, 15) is 14.0 Å². The van der Waals surface area contributed by atoms with Crippen LogP contribution in [0.25, 0.3) is 0 Å². The van der Waals surface area contributed by atoms with E-state index in [4.69, 9.17) is 5.10 Å². The van der Waals surface area contributed by atoms with E-state index in [1.165, 1.54) is 31.4 Å². The Bertz CT molecular complexity index is 1030. The highest BCUT2D eigenvalue weighted by atomic mass is 19.1. The molecule has 0 radical (unpaired) electrons. The number of fused-ring (bicyclic) bond motifs is 1. The van der Waals surface area contributed by atoms with Gasteiger partial charge >= 0.3 is 0 Å². The van der Waals surface area contributed by atoms with Crippen molar-refractivity contribution in [3.8, 4) is 0 Å². The highest BCUT2D eigenvalue weighted by molar-refractivity contribution is 5.99. The van der Waals surface area contributed by atoms with Crippen molar-refractivity contribution >= 4 is 11.8 Å². The Hall–Kier alpha value is -2.70. The zero-order valence-electron chi connectivity index (χ0n) is 20.9. The van der Waals surface area contributed by atoms with E-state index in [-0.39, 0.29) is 42.2 Å². The second-order valence-corrected chi connectivity index (χ2v) is 11.1. The van der Waals surface area contributed by atoms with Crippen LogP contribution in [0.5, 0.6) is 0 Å². The normalized spacial score (nSPS) is 22.1. The maximum atomic E-state index is 13.8. The van der Waals surface area contributed by atoms with Gasteiger partial charge in [0.1, 0.15) is 17.1 Å². The van der Waals surface area contributed by atoms with E-state index >= 15 is 0 Å². The number of hydrogen-bond acceptors (Lipinski definition) is 3. The number of rotatable bonds is 4. The number of carbonyl (C=O) groups excluding carboxylic acids is 2. The lowest BCUT2D eigenvalue weighted by atomic mass is 9.91. The van der Waals surface area contributed by atoms with Crippen molar-refractivity contribution in [2.75, 3.05) is 0 Å². The van der Waals surface area contributed by atoms with Gasteiger partial charge in [-0.15, -0.1) is 0 Å². The molecule has 0 spiro atoms. The van der Waals surface area contributed by atoms with Gasteiger partial charge in [-0.05, 0) is 43.5 Å². The topological polar surface area (TPSA) is 67.2 Å². The number of aromatic nitrogens is 2. The van der Waals surface area contributed by atoms with E-state index in [1.807, 2.05) is 13.0 Å². The molecule has 1 aromatic heterocycles. The molecule has 2 aromatic rings. The Morgan fingerprint density at radius 2 is 1.74 bits per heavy atom. The van der Waals surface area contributed by atoms with Gasteiger partial charge in [-0.3, -0.25) is 14.3 Å². The van der Waals surface area contributed by atoms with E-state index in [1.54, 1.807) is 21.7 Å². The highest BCUT2D eigenvalue weighted by Gasteiger charge is 2.48. The number of hydrogen-bond donors (Lipinski definition) is 1. The van der Waals surface area contributed by atoms with Crippen LogP contribution in [0, 0.1) is 5.82 Å². The Morgan fingerprint density at radius 3 is 2.35 bits per heavy atom. The fourth-order valence-electron chi connectivity index (χ4n) is 4.97. The minimum Gasteiger partial charge on any atom is -0.351 e. The lowest BCUT2D eigenvalue weighted by molar-refractivity contribution is -0.134. The molecular weight excluding hydrogens is 431 g/mol. The molecule has 1 fully saturated rings. The predicted molar refractivity (Wildman–Crippen MR) is 130 cm³/mol. The largest absolute Gasteiger partial charge is 0.351 e. The number of carbonyl (C=O) groups is 2. The molecular formula is C27H37FN4O2. The molecule has 0 unspecified atom stereocenters. The van der Waals surface area contributed by atoms with Gasteiger partial charge in [0, 0.05) is 18.0 Å². The van der Waals surface area contributed by atoms with Gasteiger partial charge in [-0.2, -0.15) is 5.10 Å². The molecule has 1 aromatic carbocycles. The maximum absolute atomic E-state index is 13.8. The average molecular weight is 469 g/mol. The number of halogens is 1. The first-order chi connectivity index (χ1) is 16.1. The van der Waals surface area contributed by atoms with E-state index < -0.39 is 5.54 Å². The molecule has 184 valence electrons. The Balaban J connectivity index is 1.67. The molecule has 0 saturated heterocycles. The SMILES string of the molecule is CC(C)(C)c1cc2n(n1)C[C@@](C)(C(=O)NC1CCCCCCC1)N(Cc1ccc(F)cc1)C2=O. The van der Waals surface area contributed by atoms with Crippen molar-refractivity contribution in [3.63, 3.8) is 0 Å². The molecule has 2 aliphatic rings. The van der Waals surface area contributed by atoms with Gasteiger partial charge in [-0.1, -0.05) is 65.0 Å². The highest BCUT2D eigenvalue weighted by Crippen LogP contribution is 2.32. The molecule has 0 bridgehead atoms. The minimum atomic E-state index is -1.11. The fourth-order valence-corrected chi connectivity index (χ4v) is 4.97. The van der Waals surface area contributed by atoms with Crippen molar-refractivity contribution in [3.05, 3.63) is 53.1 Å². The van der Waals surface area contributed by atoms with E-state index in [0.29, 0.717) is 5.69 Å². The molecule has 1 N–H and O–H groups in total. The monoisotopic (exact) mass is 468 g/mol. The van der Waals surface area contributed by atoms with Crippen LogP contribution in [-0.2, 0) is 23.3 Å². The standard InChI is InChI=1S/C27H37FN4O2/c1-26(2,3)23-16-22-24(33)31(17-19-12-14-20(28)15-13-19)27(4,18-32(22)30-23)25(34)29-21-10-8-6-5-7-9-11-21/h12-16,21H,5-11,17-18H2,1-4H3,(H,29,34)/t27-/m0/s1. The summed E-state index contributed by atoms with van der Waals surface area (Å²) < 4.78 is 15.2. The van der Waals surface area contributed by atoms with E-state index in [2.05, 4.69) is 26.1 Å². The van der Waals surface area contributed by atoms with Crippen LogP contribution in [0.3, 0.4) is 0 Å². The summed E-state index contributed by atoms with van der Waals surface area (Å²) in [5.41, 5.74) is 0.764. The van der Waals surface area contributed by atoms with Crippen LogP contribution in [0.1, 0.15) is 94.4 Å². The van der Waals surface area contributed by atoms with Crippen LogP contribution in [0.2, 0.25) is 0 Å². The first-order valence-corrected chi connectivity index (χ1v) is 12.5. The van der Waals surface area contributed by atoms with Gasteiger partial charge in [-0.25, -0.2) is 4.39 Å². The quantitative estimate of drug-likeness (QED) is 0.689. The summed E-state index contributed by atoms with van der Waals surface area (Å²) in [6.45, 7) is 8.51. The molecule has 4 rings (SSSR count). The van der Waals surface area contributed by atoms with Gasteiger partial charge in [0.05, 0.1) is 12.2 Å². The minimum absolute atomic E-state index is 0.122. The lowest BCUT2D eigenvalue weighted by Crippen LogP contribution is -2.64. The van der Waals surface area contributed by atoms with Gasteiger partial charge < -0.3 is 10.2 Å². The molecule has 34 heavy (non-hydrogen) atoms. The third-order valence-corrected chi connectivity index (χ3v) is 7.25. The summed E-state index contributed by atoms with van der Waals surface area (Å²) in [5.74, 6) is -0.702. The Kier molecular flexibility index (Phi) is 6.83. The second-order valence-electron chi connectivity index (χ2n) is 11.1. The number of benzene rings is 1. The molecule has 1 aliphatic carbocycles. The van der Waals surface area contributed by atoms with Crippen molar-refractivity contribution in [2.24, 2.45) is 0 Å². The summed E-state index contributed by atoms with van der Waals surface area (Å²) in [4.78, 5) is 29.2. The summed E-state index contributed by atoms with van der Waals surface area (Å²) >= 11 is 0. The first kappa shape index (κ1) is 24.4. The van der Waals surface area contributed by atoms with Gasteiger partial charge in [0.15, 0.2) is 0 Å². The average Bonchev–Trinajstić information content (AvgIpc) is 3.18. The van der Waals surface area contributed by atoms with Crippen molar-refractivity contribution in [1.29, 1.82) is 0 Å². The number of amides is 2. The van der Waals surface area contributed by atoms with Crippen LogP contribution in [-0.4, -0.2) is 38.1 Å². The number of nitrogens with zero attached hydrogens (tertiary/aromatic N) is 3.